The molecule has 1 amide bonds. The van der Waals surface area contributed by atoms with Crippen molar-refractivity contribution in [2.45, 2.75) is 19.5 Å². The van der Waals surface area contributed by atoms with Crippen molar-refractivity contribution in [2.24, 2.45) is 0 Å². The lowest BCUT2D eigenvalue weighted by atomic mass is 10.1. The summed E-state index contributed by atoms with van der Waals surface area (Å²) in [4.78, 5) is 30.0. The van der Waals surface area contributed by atoms with Crippen LogP contribution in [0.5, 0.6) is 0 Å². The first-order valence-electron chi connectivity index (χ1n) is 9.18. The molecule has 4 rings (SSSR count). The summed E-state index contributed by atoms with van der Waals surface area (Å²) in [7, 11) is 0. The second-order valence-electron chi connectivity index (χ2n) is 6.56. The number of nitriles is 1. The number of thiophene rings is 1. The molecule has 148 valence electrons. The van der Waals surface area contributed by atoms with Crippen molar-refractivity contribution in [1.29, 1.82) is 5.26 Å². The minimum atomic E-state index is -0.315. The van der Waals surface area contributed by atoms with Crippen LogP contribution in [0.2, 0.25) is 0 Å². The minimum absolute atomic E-state index is 0.0782. The van der Waals surface area contributed by atoms with E-state index < -0.39 is 0 Å². The van der Waals surface area contributed by atoms with E-state index in [1.54, 1.807) is 24.7 Å². The highest BCUT2D eigenvalue weighted by atomic mass is 32.1. The number of amides is 1. The van der Waals surface area contributed by atoms with Crippen molar-refractivity contribution in [3.05, 3.63) is 76.8 Å². The number of nitrogens with zero attached hydrogens (tertiary/aromatic N) is 5. The number of aromatic nitrogens is 4. The normalized spacial score (nSPS) is 11.6. The summed E-state index contributed by atoms with van der Waals surface area (Å²) in [5, 5.41) is 17.0. The maximum atomic E-state index is 12.9. The molecule has 0 saturated carbocycles. The molecule has 0 saturated heterocycles. The summed E-state index contributed by atoms with van der Waals surface area (Å²) in [6.07, 6.45) is 6.59. The van der Waals surface area contributed by atoms with Crippen molar-refractivity contribution >= 4 is 33.4 Å². The summed E-state index contributed by atoms with van der Waals surface area (Å²) in [5.74, 6) is 0.0554. The Morgan fingerprint density at radius 1 is 1.23 bits per heavy atom. The maximum Gasteiger partial charge on any atom is 0.271 e. The molecule has 0 bridgehead atoms. The largest absolute Gasteiger partial charge is 0.348 e. The van der Waals surface area contributed by atoms with E-state index in [1.807, 2.05) is 36.6 Å². The van der Waals surface area contributed by atoms with Crippen molar-refractivity contribution in [3.8, 4) is 6.07 Å². The third-order valence-corrected chi connectivity index (χ3v) is 5.34. The van der Waals surface area contributed by atoms with Crippen LogP contribution in [0.4, 0.5) is 5.95 Å². The highest BCUT2D eigenvalue weighted by molar-refractivity contribution is 7.17. The van der Waals surface area contributed by atoms with Gasteiger partial charge in [-0.15, -0.1) is 11.3 Å². The molecular weight excluding hydrogens is 398 g/mol. The highest BCUT2D eigenvalue weighted by Crippen LogP contribution is 2.25. The number of fused-ring (bicyclic) bond motifs is 1. The Morgan fingerprint density at radius 2 is 2.13 bits per heavy atom. The van der Waals surface area contributed by atoms with Gasteiger partial charge in [0, 0.05) is 31.3 Å². The van der Waals surface area contributed by atoms with Gasteiger partial charge in [0.2, 0.25) is 5.95 Å². The van der Waals surface area contributed by atoms with E-state index in [0.29, 0.717) is 22.7 Å². The molecule has 0 spiro atoms. The molecule has 1 atom stereocenters. The topological polar surface area (TPSA) is 116 Å². The van der Waals surface area contributed by atoms with Gasteiger partial charge in [-0.25, -0.2) is 9.97 Å². The zero-order chi connectivity index (χ0) is 20.9. The zero-order valence-electron chi connectivity index (χ0n) is 16.0. The molecule has 0 unspecified atom stereocenters. The van der Waals surface area contributed by atoms with Gasteiger partial charge in [-0.3, -0.25) is 14.8 Å². The van der Waals surface area contributed by atoms with Crippen LogP contribution in [0.15, 0.2) is 54.4 Å². The van der Waals surface area contributed by atoms with Crippen molar-refractivity contribution in [3.63, 3.8) is 0 Å². The molecule has 4 heterocycles. The Balaban J connectivity index is 1.56. The average molecular weight is 415 g/mol. The standard InChI is InChI=1S/C21H17N7OS/c1-13(16-3-2-5-23-12-16)26-21-27-17-4-6-30-19(17)18(28-21)20(29)25-11-15-7-14(8-22)9-24-10-15/h2-7,9-10,12-13H,11H2,1H3,(H,25,29)(H,26,27,28)/t13-/m0/s1. The molecule has 2 N–H and O–H groups in total. The van der Waals surface area contributed by atoms with Gasteiger partial charge in [0.1, 0.15) is 6.07 Å². The van der Waals surface area contributed by atoms with Crippen molar-refractivity contribution in [1.82, 2.24) is 25.3 Å². The number of carbonyl (C=O) groups excluding carboxylic acids is 1. The molecule has 0 aromatic carbocycles. The number of anilines is 1. The summed E-state index contributed by atoms with van der Waals surface area (Å²) >= 11 is 1.41. The molecule has 0 aliphatic carbocycles. The van der Waals surface area contributed by atoms with E-state index in [-0.39, 0.29) is 18.5 Å². The van der Waals surface area contributed by atoms with E-state index >= 15 is 0 Å². The van der Waals surface area contributed by atoms with Gasteiger partial charge in [-0.1, -0.05) is 6.07 Å². The van der Waals surface area contributed by atoms with Crippen molar-refractivity contribution in [2.75, 3.05) is 5.32 Å². The molecule has 0 aliphatic heterocycles. The molecule has 0 aliphatic rings. The smallest absolute Gasteiger partial charge is 0.271 e. The SMILES string of the molecule is C[C@H](Nc1nc(C(=O)NCc2cncc(C#N)c2)c2sccc2n1)c1cccnc1. The van der Waals surface area contributed by atoms with Crippen LogP contribution in [0, 0.1) is 11.3 Å². The summed E-state index contributed by atoms with van der Waals surface area (Å²) < 4.78 is 0.719. The van der Waals surface area contributed by atoms with E-state index in [0.717, 1.165) is 15.8 Å². The van der Waals surface area contributed by atoms with E-state index in [2.05, 4.69) is 30.6 Å². The predicted octanol–water partition coefficient (Wildman–Crippen LogP) is 3.46. The second kappa shape index (κ2) is 8.63. The van der Waals surface area contributed by atoms with Crippen LogP contribution in [-0.4, -0.2) is 25.8 Å². The van der Waals surface area contributed by atoms with Crippen LogP contribution in [0.3, 0.4) is 0 Å². The Bertz CT molecular complexity index is 1230. The predicted molar refractivity (Wildman–Crippen MR) is 114 cm³/mol. The second-order valence-corrected chi connectivity index (χ2v) is 7.48. The summed E-state index contributed by atoms with van der Waals surface area (Å²) in [5.41, 5.74) is 3.18. The molecule has 8 nitrogen and oxygen atoms in total. The third kappa shape index (κ3) is 4.24. The van der Waals surface area contributed by atoms with E-state index in [9.17, 15) is 4.79 Å². The van der Waals surface area contributed by atoms with Gasteiger partial charge in [-0.2, -0.15) is 5.26 Å². The molecular formula is C21H17N7OS. The summed E-state index contributed by atoms with van der Waals surface area (Å²) in [6, 6.07) is 9.34. The first kappa shape index (κ1) is 19.4. The summed E-state index contributed by atoms with van der Waals surface area (Å²) in [6.45, 7) is 2.22. The quantitative estimate of drug-likeness (QED) is 0.495. The van der Waals surface area contributed by atoms with Gasteiger partial charge < -0.3 is 10.6 Å². The lowest BCUT2D eigenvalue weighted by molar-refractivity contribution is 0.0948. The fourth-order valence-corrected chi connectivity index (χ4v) is 3.72. The van der Waals surface area contributed by atoms with Crippen LogP contribution in [0.1, 0.15) is 40.1 Å². The van der Waals surface area contributed by atoms with E-state index in [1.165, 1.54) is 17.5 Å². The highest BCUT2D eigenvalue weighted by Gasteiger charge is 2.17. The first-order valence-corrected chi connectivity index (χ1v) is 10.1. The zero-order valence-corrected chi connectivity index (χ0v) is 16.8. The van der Waals surface area contributed by atoms with E-state index in [4.69, 9.17) is 5.26 Å². The van der Waals surface area contributed by atoms with Crippen LogP contribution >= 0.6 is 11.3 Å². The number of carbonyl (C=O) groups is 1. The Morgan fingerprint density at radius 3 is 2.93 bits per heavy atom. The average Bonchev–Trinajstić information content (AvgIpc) is 3.26. The molecule has 30 heavy (non-hydrogen) atoms. The minimum Gasteiger partial charge on any atom is -0.348 e. The number of pyridine rings is 2. The number of hydrogen-bond donors (Lipinski definition) is 2. The molecule has 0 radical (unpaired) electrons. The number of nitrogens with one attached hydrogen (secondary N) is 2. The maximum absolute atomic E-state index is 12.9. The van der Waals surface area contributed by atoms with Crippen LogP contribution in [-0.2, 0) is 6.54 Å². The van der Waals surface area contributed by atoms with Crippen LogP contribution in [0.25, 0.3) is 10.2 Å². The third-order valence-electron chi connectivity index (χ3n) is 4.43. The lowest BCUT2D eigenvalue weighted by Crippen LogP contribution is -2.25. The fraction of sp³-hybridized carbons (Fsp3) is 0.143. The molecule has 4 aromatic heterocycles. The first-order chi connectivity index (χ1) is 14.6. The number of rotatable bonds is 6. The fourth-order valence-electron chi connectivity index (χ4n) is 2.90. The molecule has 0 fully saturated rings. The molecule has 9 heteroatoms. The van der Waals surface area contributed by atoms with Gasteiger partial charge in [0.15, 0.2) is 5.69 Å². The van der Waals surface area contributed by atoms with Gasteiger partial charge >= 0.3 is 0 Å². The monoisotopic (exact) mass is 415 g/mol. The van der Waals surface area contributed by atoms with Crippen LogP contribution < -0.4 is 10.6 Å². The van der Waals surface area contributed by atoms with Crippen molar-refractivity contribution < 1.29 is 4.79 Å². The molecule has 4 aromatic rings. The number of hydrogen-bond acceptors (Lipinski definition) is 8. The van der Waals surface area contributed by atoms with Gasteiger partial charge in [0.25, 0.3) is 5.91 Å². The Labute approximate surface area is 176 Å². The Kier molecular flexibility index (Phi) is 5.59. The Hall–Kier alpha value is -3.90. The van der Waals surface area contributed by atoms with Gasteiger partial charge in [0.05, 0.1) is 21.8 Å². The van der Waals surface area contributed by atoms with Gasteiger partial charge in [-0.05, 0) is 41.6 Å². The lowest BCUT2D eigenvalue weighted by Gasteiger charge is -2.14.